The third-order valence-corrected chi connectivity index (χ3v) is 13.5. The summed E-state index contributed by atoms with van der Waals surface area (Å²) >= 11 is 0. The molecule has 9 rings (SSSR count). The molecule has 9 aromatic rings. The van der Waals surface area contributed by atoms with Crippen molar-refractivity contribution in [2.75, 3.05) is 0 Å². The molecule has 10 heteroatoms. The van der Waals surface area contributed by atoms with Gasteiger partial charge in [-0.1, -0.05) is 212 Å². The topological polar surface area (TPSA) is 102 Å². The molecule has 0 bridgehead atoms. The van der Waals surface area contributed by atoms with Crippen LogP contribution in [-0.2, 0) is 30.9 Å². The van der Waals surface area contributed by atoms with Gasteiger partial charge in [-0.25, -0.2) is 0 Å². The third kappa shape index (κ3) is 14.0. The smallest absolute Gasteiger partial charge is 0.423 e. The Bertz CT molecular complexity index is 2990. The maximum Gasteiger partial charge on any atom is 0.488 e. The van der Waals surface area contributed by atoms with Gasteiger partial charge in [-0.3, -0.25) is 4.57 Å². The molecule has 0 unspecified atom stereocenters. The number of hydrogen-bond donors (Lipinski definition) is 2. The number of hydrogen-bond acceptors (Lipinski definition) is 6. The number of aryl methyl sites for hydroxylation is 4. The summed E-state index contributed by atoms with van der Waals surface area (Å²) in [5.41, 5.74) is 14.4. The van der Waals surface area contributed by atoms with Crippen LogP contribution >= 0.6 is 0 Å². The molecule has 0 aliphatic rings. The molecule has 8 nitrogen and oxygen atoms in total. The molecule has 383 valence electrons. The fourth-order valence-corrected chi connectivity index (χ4v) is 9.34. The molecule has 0 fully saturated rings. The summed E-state index contributed by atoms with van der Waals surface area (Å²) in [4.78, 5) is 0. The number of unbranched alkanes of at least 4 members (excludes halogenated alkanes) is 2. The summed E-state index contributed by atoms with van der Waals surface area (Å²) in [6.07, 6.45) is 6.83. The van der Waals surface area contributed by atoms with E-state index in [-0.39, 0.29) is 30.9 Å². The van der Waals surface area contributed by atoms with Gasteiger partial charge in [0.2, 0.25) is 0 Å². The van der Waals surface area contributed by atoms with Gasteiger partial charge in [0.15, 0.2) is 5.82 Å². The zero-order valence-corrected chi connectivity index (χ0v) is 47.3. The second kappa shape index (κ2) is 26.1. The van der Waals surface area contributed by atoms with Crippen LogP contribution in [0.15, 0.2) is 170 Å². The SMILES string of the molecule is CCCCC(C)(C)c1nnc(-c2[c-]ccc(-c3ccccc3)c2)n1-c1ccc(C)cc1C.CCCCC(C)(C)c1nnc(-c2cccc(-c3ccccc3)c2)n1-c1ccc(C)cc1C.OB(O)c1ccccc1.[Ir]. The normalized spacial score (nSPS) is 11.2. The predicted octanol–water partition coefficient (Wildman–Crippen LogP) is 14.5. The van der Waals surface area contributed by atoms with Crippen LogP contribution in [0.4, 0.5) is 0 Å². The van der Waals surface area contributed by atoms with E-state index in [4.69, 9.17) is 30.4 Å². The van der Waals surface area contributed by atoms with Crippen molar-refractivity contribution in [3.63, 3.8) is 0 Å². The molecule has 0 atom stereocenters. The Morgan fingerprint density at radius 2 is 0.905 bits per heavy atom. The van der Waals surface area contributed by atoms with Crippen LogP contribution in [0.5, 0.6) is 0 Å². The van der Waals surface area contributed by atoms with Crippen molar-refractivity contribution in [2.24, 2.45) is 0 Å². The van der Waals surface area contributed by atoms with E-state index in [1.54, 1.807) is 24.3 Å². The van der Waals surface area contributed by atoms with E-state index in [0.29, 0.717) is 5.46 Å². The minimum Gasteiger partial charge on any atom is -0.423 e. The second-order valence-electron chi connectivity index (χ2n) is 20.5. The van der Waals surface area contributed by atoms with E-state index >= 15 is 0 Å². The Morgan fingerprint density at radius 1 is 0.473 bits per heavy atom. The van der Waals surface area contributed by atoms with Gasteiger partial charge in [0.25, 0.3) is 0 Å². The van der Waals surface area contributed by atoms with Gasteiger partial charge in [-0.05, 0) is 92.0 Å². The van der Waals surface area contributed by atoms with Crippen molar-refractivity contribution in [2.45, 2.75) is 119 Å². The number of nitrogens with zero attached hydrogens (tertiary/aromatic N) is 6. The number of benzene rings is 7. The number of aromatic nitrogens is 6. The van der Waals surface area contributed by atoms with E-state index in [1.165, 1.54) is 58.2 Å². The average molecular weight is 1160 g/mol. The van der Waals surface area contributed by atoms with Crippen LogP contribution in [0.2, 0.25) is 0 Å². The van der Waals surface area contributed by atoms with Crippen LogP contribution in [0.3, 0.4) is 0 Å². The molecule has 2 N–H and O–H groups in total. The molecule has 0 saturated carbocycles. The zero-order chi connectivity index (χ0) is 52.1. The first-order chi connectivity index (χ1) is 35.1. The molecular formula is C64H72BIrN6O2-. The summed E-state index contributed by atoms with van der Waals surface area (Å²) in [5, 5.41) is 36.1. The van der Waals surface area contributed by atoms with Gasteiger partial charge in [-0.2, -0.15) is 5.10 Å². The fourth-order valence-electron chi connectivity index (χ4n) is 9.34. The Kier molecular flexibility index (Phi) is 20.0. The minimum absolute atomic E-state index is 0. The Labute approximate surface area is 454 Å². The fraction of sp³-hybridized carbons (Fsp3) is 0.281. The molecule has 0 aliphatic carbocycles. The van der Waals surface area contributed by atoms with Gasteiger partial charge in [-0.15, -0.1) is 50.7 Å². The van der Waals surface area contributed by atoms with E-state index in [2.05, 4.69) is 212 Å². The Morgan fingerprint density at radius 3 is 1.36 bits per heavy atom. The predicted molar refractivity (Wildman–Crippen MR) is 304 cm³/mol. The first-order valence-electron chi connectivity index (χ1n) is 25.8. The average Bonchev–Trinajstić information content (AvgIpc) is 4.06. The molecule has 0 aliphatic heterocycles. The summed E-state index contributed by atoms with van der Waals surface area (Å²) in [5.74, 6) is 3.77. The van der Waals surface area contributed by atoms with Crippen molar-refractivity contribution in [1.29, 1.82) is 0 Å². The molecule has 0 amide bonds. The van der Waals surface area contributed by atoms with Gasteiger partial charge in [0.1, 0.15) is 11.6 Å². The molecule has 7 aromatic carbocycles. The summed E-state index contributed by atoms with van der Waals surface area (Å²) in [6.45, 7) is 22.2. The Balaban J connectivity index is 0.000000204. The molecule has 1 radical (unpaired) electrons. The standard InChI is InChI=1S/C29H33N3.C29H32N3.C6H7BO2.Ir/c2*1-6-7-18-29(4,5)28-31-30-27(32(28)26-17-16-21(2)19-22(26)3)25-15-11-14-24(20-25)23-12-9-8-10-13-23;8-7(9)6-4-2-1-3-5-6;/h8-17,19-20H,6-7,18H2,1-5H3;8-14,16-17,19-20H,6-7,18H2,1-5H3;1-5,8-9H;/q;-1;;. The van der Waals surface area contributed by atoms with Gasteiger partial charge >= 0.3 is 7.12 Å². The third-order valence-electron chi connectivity index (χ3n) is 13.5. The molecule has 2 aromatic heterocycles. The van der Waals surface area contributed by atoms with Crippen molar-refractivity contribution in [1.82, 2.24) is 29.5 Å². The van der Waals surface area contributed by atoms with Crippen molar-refractivity contribution in [3.05, 3.63) is 210 Å². The largest absolute Gasteiger partial charge is 0.488 e. The first-order valence-corrected chi connectivity index (χ1v) is 25.8. The Hall–Kier alpha value is -6.55. The van der Waals surface area contributed by atoms with Gasteiger partial charge < -0.3 is 14.6 Å². The maximum atomic E-state index is 8.58. The minimum atomic E-state index is -1.34. The summed E-state index contributed by atoms with van der Waals surface area (Å²) < 4.78 is 4.54. The monoisotopic (exact) mass is 1160 g/mol. The van der Waals surface area contributed by atoms with Crippen molar-refractivity contribution >= 4 is 12.6 Å². The van der Waals surface area contributed by atoms with E-state index < -0.39 is 7.12 Å². The maximum absolute atomic E-state index is 8.58. The van der Waals surface area contributed by atoms with Crippen molar-refractivity contribution in [3.8, 4) is 56.4 Å². The van der Waals surface area contributed by atoms with E-state index in [9.17, 15) is 0 Å². The second-order valence-corrected chi connectivity index (χ2v) is 20.5. The summed E-state index contributed by atoms with van der Waals surface area (Å²) in [7, 11) is -1.34. The van der Waals surface area contributed by atoms with Crippen LogP contribution in [0.25, 0.3) is 56.4 Å². The van der Waals surface area contributed by atoms with Gasteiger partial charge in [0, 0.05) is 42.2 Å². The quantitative estimate of drug-likeness (QED) is 0.0783. The molecular weight excluding hydrogens is 1090 g/mol. The first kappa shape index (κ1) is 56.7. The van der Waals surface area contributed by atoms with Crippen LogP contribution in [0.1, 0.15) is 114 Å². The molecule has 2 heterocycles. The zero-order valence-electron chi connectivity index (χ0n) is 44.9. The molecule has 0 spiro atoms. The summed E-state index contributed by atoms with van der Waals surface area (Å²) in [6, 6.07) is 61.1. The van der Waals surface area contributed by atoms with E-state index in [0.717, 1.165) is 70.6 Å². The van der Waals surface area contributed by atoms with Crippen LogP contribution in [-0.4, -0.2) is 46.7 Å². The molecule has 0 saturated heterocycles. The van der Waals surface area contributed by atoms with Crippen molar-refractivity contribution < 1.29 is 30.2 Å². The van der Waals surface area contributed by atoms with Crippen LogP contribution < -0.4 is 5.46 Å². The van der Waals surface area contributed by atoms with E-state index in [1.807, 2.05) is 18.2 Å². The van der Waals surface area contributed by atoms with Crippen LogP contribution in [0, 0.1) is 33.8 Å². The molecule has 74 heavy (non-hydrogen) atoms. The van der Waals surface area contributed by atoms with Gasteiger partial charge in [0.05, 0.1) is 11.5 Å². The number of rotatable bonds is 15.